The molecule has 0 bridgehead atoms. The number of hydrogen-bond acceptors (Lipinski definition) is 5. The van der Waals surface area contributed by atoms with E-state index in [9.17, 15) is 25.6 Å². The quantitative estimate of drug-likeness (QED) is 0.460. The van der Waals surface area contributed by atoms with E-state index in [1.807, 2.05) is 0 Å². The predicted molar refractivity (Wildman–Crippen MR) is 117 cm³/mol. The molecule has 0 amide bonds. The van der Waals surface area contributed by atoms with E-state index >= 15 is 0 Å². The highest BCUT2D eigenvalue weighted by atomic mass is 35.5. The number of hydrogen-bond donors (Lipinski definition) is 2. The Bertz CT molecular complexity index is 1400. The van der Waals surface area contributed by atoms with Gasteiger partial charge in [0.25, 0.3) is 20.0 Å². The molecule has 0 unspecified atom stereocenters. The number of benzene rings is 3. The Morgan fingerprint density at radius 2 is 1.25 bits per heavy atom. The maximum absolute atomic E-state index is 13.4. The summed E-state index contributed by atoms with van der Waals surface area (Å²) < 4.78 is 87.4. The zero-order valence-electron chi connectivity index (χ0n) is 16.1. The molecule has 0 saturated carbocycles. The zero-order valence-corrected chi connectivity index (χ0v) is 19.2. The van der Waals surface area contributed by atoms with E-state index in [0.717, 1.165) is 54.6 Å². The largest absolute Gasteiger partial charge is 0.495 e. The van der Waals surface area contributed by atoms with Crippen molar-refractivity contribution in [3.05, 3.63) is 76.3 Å². The number of halogens is 4. The van der Waals surface area contributed by atoms with Gasteiger partial charge in [-0.1, -0.05) is 23.2 Å². The van der Waals surface area contributed by atoms with Crippen LogP contribution in [0.4, 0.5) is 20.2 Å². The lowest BCUT2D eigenvalue weighted by atomic mass is 10.3. The van der Waals surface area contributed by atoms with Crippen molar-refractivity contribution < 1.29 is 30.4 Å². The number of rotatable bonds is 7. The second-order valence-electron chi connectivity index (χ2n) is 6.28. The molecule has 0 heterocycles. The minimum atomic E-state index is -4.37. The first-order chi connectivity index (χ1) is 14.9. The Morgan fingerprint density at radius 1 is 0.750 bits per heavy atom. The predicted octanol–water partition coefficient (Wildman–Crippen LogP) is 4.88. The number of sulfonamides is 2. The van der Waals surface area contributed by atoms with Gasteiger partial charge in [-0.2, -0.15) is 0 Å². The molecule has 170 valence electrons. The van der Waals surface area contributed by atoms with Crippen LogP contribution < -0.4 is 14.2 Å². The highest BCUT2D eigenvalue weighted by Gasteiger charge is 2.25. The highest BCUT2D eigenvalue weighted by Crippen LogP contribution is 2.30. The number of nitrogens with one attached hydrogen (secondary N) is 2. The molecule has 0 spiro atoms. The standard InChI is InChI=1S/C19H14Cl2F2N2O5S2/c1-30-18-7-4-13(31(26,27)24-11-2-5-16(22)14(20)8-11)10-19(18)32(28,29)25-12-3-6-17(23)15(21)9-12/h2-10,24-25H,1H3. The molecular weight excluding hydrogens is 509 g/mol. The fourth-order valence-electron chi connectivity index (χ4n) is 2.58. The minimum Gasteiger partial charge on any atom is -0.495 e. The molecule has 32 heavy (non-hydrogen) atoms. The monoisotopic (exact) mass is 522 g/mol. The summed E-state index contributed by atoms with van der Waals surface area (Å²) >= 11 is 11.3. The van der Waals surface area contributed by atoms with Crippen LogP contribution in [0.1, 0.15) is 0 Å². The maximum Gasteiger partial charge on any atom is 0.265 e. The van der Waals surface area contributed by atoms with Crippen LogP contribution in [0, 0.1) is 11.6 Å². The molecule has 3 rings (SSSR count). The van der Waals surface area contributed by atoms with Crippen molar-refractivity contribution in [1.29, 1.82) is 0 Å². The third-order valence-electron chi connectivity index (χ3n) is 4.08. The van der Waals surface area contributed by atoms with Gasteiger partial charge in [-0.05, 0) is 54.6 Å². The fraction of sp³-hybridized carbons (Fsp3) is 0.0526. The van der Waals surface area contributed by atoms with Crippen molar-refractivity contribution in [2.45, 2.75) is 9.79 Å². The van der Waals surface area contributed by atoms with E-state index in [4.69, 9.17) is 27.9 Å². The molecular formula is C19H14Cl2F2N2O5S2. The van der Waals surface area contributed by atoms with Crippen molar-refractivity contribution in [3.8, 4) is 5.75 Å². The van der Waals surface area contributed by atoms with Crippen LogP contribution in [0.25, 0.3) is 0 Å². The zero-order chi connectivity index (χ0) is 23.7. The number of anilines is 2. The lowest BCUT2D eigenvalue weighted by Gasteiger charge is -2.14. The number of methoxy groups -OCH3 is 1. The normalized spacial score (nSPS) is 11.8. The summed E-state index contributed by atoms with van der Waals surface area (Å²) in [5.41, 5.74) is -0.0819. The minimum absolute atomic E-state index is 0.0318. The van der Waals surface area contributed by atoms with Crippen molar-refractivity contribution in [2.24, 2.45) is 0 Å². The third-order valence-corrected chi connectivity index (χ3v) is 7.44. The van der Waals surface area contributed by atoms with Gasteiger partial charge in [-0.3, -0.25) is 9.44 Å². The van der Waals surface area contributed by atoms with Gasteiger partial charge in [-0.25, -0.2) is 25.6 Å². The van der Waals surface area contributed by atoms with Crippen LogP contribution in [0.15, 0.2) is 64.4 Å². The smallest absolute Gasteiger partial charge is 0.265 e. The molecule has 13 heteroatoms. The molecule has 0 aliphatic carbocycles. The first-order valence-electron chi connectivity index (χ1n) is 8.57. The summed E-state index contributed by atoms with van der Waals surface area (Å²) in [6, 6.07) is 9.51. The van der Waals surface area contributed by atoms with E-state index < -0.39 is 41.5 Å². The average Bonchev–Trinajstić information content (AvgIpc) is 2.72. The lowest BCUT2D eigenvalue weighted by molar-refractivity contribution is 0.402. The highest BCUT2D eigenvalue weighted by molar-refractivity contribution is 7.93. The van der Waals surface area contributed by atoms with Crippen molar-refractivity contribution in [2.75, 3.05) is 16.6 Å². The maximum atomic E-state index is 13.4. The summed E-state index contributed by atoms with van der Waals surface area (Å²) in [4.78, 5) is -0.920. The molecule has 0 aliphatic heterocycles. The Morgan fingerprint density at radius 3 is 1.72 bits per heavy atom. The van der Waals surface area contributed by atoms with Crippen LogP contribution in [0.5, 0.6) is 5.75 Å². The van der Waals surface area contributed by atoms with Gasteiger partial charge < -0.3 is 4.74 Å². The van der Waals surface area contributed by atoms with E-state index in [1.165, 1.54) is 7.11 Å². The van der Waals surface area contributed by atoms with Crippen LogP contribution in [0.3, 0.4) is 0 Å². The van der Waals surface area contributed by atoms with Gasteiger partial charge in [0.15, 0.2) is 0 Å². The second-order valence-corrected chi connectivity index (χ2v) is 10.4. The van der Waals surface area contributed by atoms with Gasteiger partial charge >= 0.3 is 0 Å². The summed E-state index contributed by atoms with van der Waals surface area (Å²) in [6.07, 6.45) is 0. The Labute approximate surface area is 193 Å². The summed E-state index contributed by atoms with van der Waals surface area (Å²) in [5.74, 6) is -1.62. The third kappa shape index (κ3) is 5.23. The molecule has 3 aromatic carbocycles. The van der Waals surface area contributed by atoms with Crippen LogP contribution in [0.2, 0.25) is 10.0 Å². The number of ether oxygens (including phenoxy) is 1. The molecule has 2 N–H and O–H groups in total. The van der Waals surface area contributed by atoms with E-state index in [-0.39, 0.29) is 27.2 Å². The average molecular weight is 523 g/mol. The van der Waals surface area contributed by atoms with Crippen molar-refractivity contribution in [3.63, 3.8) is 0 Å². The lowest BCUT2D eigenvalue weighted by Crippen LogP contribution is -2.17. The van der Waals surface area contributed by atoms with Crippen molar-refractivity contribution >= 4 is 54.6 Å². The molecule has 0 aliphatic rings. The Kier molecular flexibility index (Phi) is 6.84. The molecule has 7 nitrogen and oxygen atoms in total. The van der Waals surface area contributed by atoms with Gasteiger partial charge in [-0.15, -0.1) is 0 Å². The van der Waals surface area contributed by atoms with Gasteiger partial charge in [0.2, 0.25) is 0 Å². The molecule has 0 radical (unpaired) electrons. The van der Waals surface area contributed by atoms with Crippen LogP contribution in [-0.4, -0.2) is 23.9 Å². The van der Waals surface area contributed by atoms with Gasteiger partial charge in [0.1, 0.15) is 22.3 Å². The van der Waals surface area contributed by atoms with Crippen LogP contribution >= 0.6 is 23.2 Å². The van der Waals surface area contributed by atoms with Crippen LogP contribution in [-0.2, 0) is 20.0 Å². The summed E-state index contributed by atoms with van der Waals surface area (Å²) in [7, 11) is -7.45. The first kappa shape index (κ1) is 24.1. The second kappa shape index (κ2) is 9.10. The molecule has 0 saturated heterocycles. The summed E-state index contributed by atoms with van der Waals surface area (Å²) in [5, 5.41) is -0.610. The van der Waals surface area contributed by atoms with Gasteiger partial charge in [0.05, 0.1) is 33.4 Å². The summed E-state index contributed by atoms with van der Waals surface area (Å²) in [6.45, 7) is 0. The fourth-order valence-corrected chi connectivity index (χ4v) is 5.33. The first-order valence-corrected chi connectivity index (χ1v) is 12.3. The molecule has 0 atom stereocenters. The molecule has 0 fully saturated rings. The Hall–Kier alpha value is -2.60. The molecule has 3 aromatic rings. The topological polar surface area (TPSA) is 102 Å². The van der Waals surface area contributed by atoms with Crippen molar-refractivity contribution in [1.82, 2.24) is 0 Å². The van der Waals surface area contributed by atoms with E-state index in [2.05, 4.69) is 9.44 Å². The van der Waals surface area contributed by atoms with E-state index in [1.54, 1.807) is 0 Å². The molecule has 0 aromatic heterocycles. The SMILES string of the molecule is COc1ccc(S(=O)(=O)Nc2ccc(F)c(Cl)c2)cc1S(=O)(=O)Nc1ccc(F)c(Cl)c1. The van der Waals surface area contributed by atoms with Gasteiger partial charge in [0, 0.05) is 0 Å². The van der Waals surface area contributed by atoms with E-state index in [0.29, 0.717) is 0 Å². The Balaban J connectivity index is 2.00.